The summed E-state index contributed by atoms with van der Waals surface area (Å²) in [6, 6.07) is 5.58. The van der Waals surface area contributed by atoms with Gasteiger partial charge in [0, 0.05) is 29.4 Å². The van der Waals surface area contributed by atoms with Crippen LogP contribution in [0.2, 0.25) is 5.02 Å². The van der Waals surface area contributed by atoms with E-state index in [2.05, 4.69) is 10.6 Å². The second-order valence-electron chi connectivity index (χ2n) is 3.80. The molecule has 72 valence electrons. The summed E-state index contributed by atoms with van der Waals surface area (Å²) in [5.74, 6) is 0.0688. The molecule has 0 radical (unpaired) electrons. The van der Waals surface area contributed by atoms with Gasteiger partial charge in [-0.1, -0.05) is 17.7 Å². The zero-order valence-electron chi connectivity index (χ0n) is 7.43. The Morgan fingerprint density at radius 3 is 2.79 bits per heavy atom. The van der Waals surface area contributed by atoms with Gasteiger partial charge in [0.05, 0.1) is 0 Å². The van der Waals surface area contributed by atoms with Crippen LogP contribution in [-0.4, -0.2) is 19.0 Å². The third-order valence-corrected chi connectivity index (χ3v) is 3.34. The van der Waals surface area contributed by atoms with Crippen LogP contribution in [0, 0.1) is 0 Å². The molecule has 14 heavy (non-hydrogen) atoms. The summed E-state index contributed by atoms with van der Waals surface area (Å²) in [6.07, 6.45) is 0. The van der Waals surface area contributed by atoms with E-state index in [1.165, 1.54) is 0 Å². The van der Waals surface area contributed by atoms with E-state index in [-0.39, 0.29) is 5.91 Å². The lowest BCUT2D eigenvalue weighted by Gasteiger charge is -2.37. The van der Waals surface area contributed by atoms with E-state index in [9.17, 15) is 4.79 Å². The maximum atomic E-state index is 11.8. The average molecular weight is 209 g/mol. The maximum Gasteiger partial charge on any atom is 0.237 e. The van der Waals surface area contributed by atoms with Gasteiger partial charge in [-0.25, -0.2) is 0 Å². The fourth-order valence-corrected chi connectivity index (χ4v) is 2.54. The first-order chi connectivity index (χ1) is 6.74. The summed E-state index contributed by atoms with van der Waals surface area (Å²) in [5, 5.41) is 6.67. The van der Waals surface area contributed by atoms with Crippen molar-refractivity contribution in [3.63, 3.8) is 0 Å². The molecule has 2 N–H and O–H groups in total. The number of halogens is 1. The number of carbonyl (C=O) groups excluding carboxylic acids is 1. The minimum atomic E-state index is -0.395. The van der Waals surface area contributed by atoms with E-state index in [1.807, 2.05) is 18.2 Å². The maximum absolute atomic E-state index is 11.8. The van der Waals surface area contributed by atoms with Crippen molar-refractivity contribution in [2.75, 3.05) is 18.4 Å². The van der Waals surface area contributed by atoms with Crippen LogP contribution in [-0.2, 0) is 10.2 Å². The largest absolute Gasteiger partial charge is 0.325 e. The predicted molar refractivity (Wildman–Crippen MR) is 54.6 cm³/mol. The van der Waals surface area contributed by atoms with Crippen molar-refractivity contribution in [3.8, 4) is 0 Å². The highest BCUT2D eigenvalue weighted by molar-refractivity contribution is 6.33. The SMILES string of the molecule is O=C1Nc2cccc(Cl)c2C12CNC2. The summed E-state index contributed by atoms with van der Waals surface area (Å²) < 4.78 is 0. The first-order valence-corrected chi connectivity index (χ1v) is 4.93. The molecule has 1 saturated heterocycles. The van der Waals surface area contributed by atoms with Crippen molar-refractivity contribution in [1.29, 1.82) is 0 Å². The van der Waals surface area contributed by atoms with Gasteiger partial charge in [-0.05, 0) is 12.1 Å². The zero-order chi connectivity index (χ0) is 9.76. The van der Waals surface area contributed by atoms with Crippen LogP contribution in [0.5, 0.6) is 0 Å². The molecule has 0 atom stereocenters. The highest BCUT2D eigenvalue weighted by Crippen LogP contribution is 2.44. The Balaban J connectivity index is 2.25. The molecule has 4 heteroatoms. The molecule has 0 aromatic heterocycles. The van der Waals surface area contributed by atoms with Gasteiger partial charge < -0.3 is 10.6 Å². The van der Waals surface area contributed by atoms with Gasteiger partial charge in [-0.15, -0.1) is 0 Å². The number of rotatable bonds is 0. The first-order valence-electron chi connectivity index (χ1n) is 4.55. The highest BCUT2D eigenvalue weighted by Gasteiger charge is 2.52. The lowest BCUT2D eigenvalue weighted by molar-refractivity contribution is -0.122. The van der Waals surface area contributed by atoms with E-state index in [0.29, 0.717) is 18.1 Å². The minimum absolute atomic E-state index is 0.0688. The number of hydrogen-bond donors (Lipinski definition) is 2. The lowest BCUT2D eigenvalue weighted by Crippen LogP contribution is -2.60. The number of anilines is 1. The van der Waals surface area contributed by atoms with Crippen molar-refractivity contribution >= 4 is 23.2 Å². The molecule has 2 aliphatic rings. The molecular formula is C10H9ClN2O. The summed E-state index contributed by atoms with van der Waals surface area (Å²) in [5.41, 5.74) is 1.43. The van der Waals surface area contributed by atoms with Gasteiger partial charge in [0.25, 0.3) is 0 Å². The lowest BCUT2D eigenvalue weighted by atomic mass is 9.76. The monoisotopic (exact) mass is 208 g/mol. The molecule has 1 aromatic carbocycles. The highest BCUT2D eigenvalue weighted by atomic mass is 35.5. The minimum Gasteiger partial charge on any atom is -0.325 e. The van der Waals surface area contributed by atoms with E-state index >= 15 is 0 Å². The zero-order valence-corrected chi connectivity index (χ0v) is 8.19. The number of amides is 1. The van der Waals surface area contributed by atoms with Crippen LogP contribution in [0.1, 0.15) is 5.56 Å². The van der Waals surface area contributed by atoms with Gasteiger partial charge in [0.1, 0.15) is 5.41 Å². The molecule has 0 saturated carbocycles. The quantitative estimate of drug-likeness (QED) is 0.671. The molecule has 0 bridgehead atoms. The number of carbonyl (C=O) groups is 1. The van der Waals surface area contributed by atoms with E-state index in [1.54, 1.807) is 0 Å². The average Bonchev–Trinajstić information content (AvgIpc) is 2.37. The number of hydrogen-bond acceptors (Lipinski definition) is 2. The molecule has 2 heterocycles. The first kappa shape index (κ1) is 8.26. The molecule has 0 aliphatic carbocycles. The Morgan fingerprint density at radius 1 is 1.36 bits per heavy atom. The normalized spacial score (nSPS) is 21.6. The Bertz CT molecular complexity index is 426. The molecule has 1 aromatic rings. The van der Waals surface area contributed by atoms with Crippen LogP contribution in [0.4, 0.5) is 5.69 Å². The summed E-state index contributed by atoms with van der Waals surface area (Å²) in [4.78, 5) is 11.8. The van der Waals surface area contributed by atoms with Crippen molar-refractivity contribution < 1.29 is 4.79 Å². The Morgan fingerprint density at radius 2 is 2.14 bits per heavy atom. The Hall–Kier alpha value is -1.06. The fourth-order valence-electron chi connectivity index (χ4n) is 2.18. The second-order valence-corrected chi connectivity index (χ2v) is 4.21. The molecule has 0 unspecified atom stereocenters. The third kappa shape index (κ3) is 0.792. The van der Waals surface area contributed by atoms with Gasteiger partial charge >= 0.3 is 0 Å². The molecule has 2 aliphatic heterocycles. The van der Waals surface area contributed by atoms with E-state index < -0.39 is 5.41 Å². The van der Waals surface area contributed by atoms with Crippen LogP contribution in [0.15, 0.2) is 18.2 Å². The number of fused-ring (bicyclic) bond motifs is 2. The number of benzene rings is 1. The van der Waals surface area contributed by atoms with Crippen molar-refractivity contribution in [2.24, 2.45) is 0 Å². The summed E-state index contributed by atoms with van der Waals surface area (Å²) in [7, 11) is 0. The van der Waals surface area contributed by atoms with E-state index in [4.69, 9.17) is 11.6 Å². The molecular weight excluding hydrogens is 200 g/mol. The second kappa shape index (κ2) is 2.49. The Kier molecular flexibility index (Phi) is 1.47. The van der Waals surface area contributed by atoms with Crippen molar-refractivity contribution in [3.05, 3.63) is 28.8 Å². The molecule has 1 amide bonds. The Labute approximate surface area is 86.4 Å². The third-order valence-electron chi connectivity index (χ3n) is 3.03. The summed E-state index contributed by atoms with van der Waals surface area (Å²) >= 11 is 6.11. The summed E-state index contributed by atoms with van der Waals surface area (Å²) in [6.45, 7) is 1.38. The van der Waals surface area contributed by atoms with Crippen LogP contribution < -0.4 is 10.6 Å². The molecule has 1 fully saturated rings. The number of nitrogens with one attached hydrogen (secondary N) is 2. The van der Waals surface area contributed by atoms with Crippen LogP contribution in [0.25, 0.3) is 0 Å². The smallest absolute Gasteiger partial charge is 0.237 e. The van der Waals surface area contributed by atoms with Crippen molar-refractivity contribution in [1.82, 2.24) is 5.32 Å². The van der Waals surface area contributed by atoms with Gasteiger partial charge in [0.2, 0.25) is 5.91 Å². The van der Waals surface area contributed by atoms with E-state index in [0.717, 1.165) is 11.3 Å². The molecule has 3 rings (SSSR count). The van der Waals surface area contributed by atoms with Gasteiger partial charge in [-0.2, -0.15) is 0 Å². The van der Waals surface area contributed by atoms with Crippen LogP contribution in [0.3, 0.4) is 0 Å². The van der Waals surface area contributed by atoms with Crippen LogP contribution >= 0.6 is 11.6 Å². The fraction of sp³-hybridized carbons (Fsp3) is 0.300. The van der Waals surface area contributed by atoms with Gasteiger partial charge in [-0.3, -0.25) is 4.79 Å². The van der Waals surface area contributed by atoms with Crippen molar-refractivity contribution in [2.45, 2.75) is 5.41 Å². The molecule has 3 nitrogen and oxygen atoms in total. The topological polar surface area (TPSA) is 41.1 Å². The molecule has 1 spiro atoms. The standard InChI is InChI=1S/C10H9ClN2O/c11-6-2-1-3-7-8(6)10(4-12-5-10)9(14)13-7/h1-3,12H,4-5H2,(H,13,14). The van der Waals surface area contributed by atoms with Gasteiger partial charge in [0.15, 0.2) is 0 Å². The predicted octanol–water partition coefficient (Wildman–Crippen LogP) is 1.13.